The molecule has 28 heavy (non-hydrogen) atoms. The Morgan fingerprint density at radius 3 is 2.54 bits per heavy atom. The summed E-state index contributed by atoms with van der Waals surface area (Å²) in [6.45, 7) is 7.46. The molecule has 0 aliphatic carbocycles. The van der Waals surface area contributed by atoms with E-state index in [2.05, 4.69) is 0 Å². The van der Waals surface area contributed by atoms with Gasteiger partial charge < -0.3 is 24.8 Å². The van der Waals surface area contributed by atoms with Crippen LogP contribution in [0, 0.1) is 11.8 Å². The highest BCUT2D eigenvalue weighted by Crippen LogP contribution is 2.33. The Bertz CT molecular complexity index is 623. The number of aliphatic hydroxyl groups is 3. The number of epoxide rings is 1. The second-order valence-corrected chi connectivity index (χ2v) is 8.10. The van der Waals surface area contributed by atoms with Gasteiger partial charge in [0.2, 0.25) is 0 Å². The van der Waals surface area contributed by atoms with Gasteiger partial charge in [0.1, 0.15) is 18.3 Å². The fourth-order valence-electron chi connectivity index (χ4n) is 3.60. The van der Waals surface area contributed by atoms with Crippen LogP contribution in [-0.2, 0) is 14.3 Å². The van der Waals surface area contributed by atoms with E-state index in [0.717, 1.165) is 5.57 Å². The lowest BCUT2D eigenvalue weighted by Gasteiger charge is -2.23. The van der Waals surface area contributed by atoms with Crippen LogP contribution in [0.15, 0.2) is 35.5 Å². The van der Waals surface area contributed by atoms with E-state index in [1.807, 2.05) is 39.0 Å². The average molecular weight is 395 g/mol. The maximum atomic E-state index is 12.5. The molecule has 0 radical (unpaired) electrons. The van der Waals surface area contributed by atoms with Gasteiger partial charge in [0, 0.05) is 24.5 Å². The standard InChI is InChI=1S/C22H34O6/c1-13-11-15(3)19(25)21-20(28-21)17(24)7-5-6-8-18(14(2)9-10-23)27-22(26)16(4)12-13/h5-6,11-12,14-15,17-21,23-25H,7-10H2,1-4H3/b6-5+,13-11+,16-12+/t14-,15+,17+,18-,19-,20-,21-/m0/s1. The molecule has 2 rings (SSSR count). The number of cyclic esters (lactones) is 1. The Labute approximate surface area is 167 Å². The minimum Gasteiger partial charge on any atom is -0.458 e. The maximum Gasteiger partial charge on any atom is 0.334 e. The third-order valence-corrected chi connectivity index (χ3v) is 5.50. The molecule has 158 valence electrons. The number of ether oxygens (including phenoxy) is 2. The summed E-state index contributed by atoms with van der Waals surface area (Å²) >= 11 is 0. The number of rotatable bonds is 3. The van der Waals surface area contributed by atoms with Crippen LogP contribution < -0.4 is 0 Å². The molecule has 0 aromatic rings. The summed E-state index contributed by atoms with van der Waals surface area (Å²) in [6.07, 6.45) is 6.38. The van der Waals surface area contributed by atoms with Crippen LogP contribution in [-0.4, -0.2) is 58.4 Å². The molecule has 0 aromatic carbocycles. The topological polar surface area (TPSA) is 99.5 Å². The van der Waals surface area contributed by atoms with Gasteiger partial charge in [-0.15, -0.1) is 0 Å². The van der Waals surface area contributed by atoms with Crippen LogP contribution in [0.2, 0.25) is 0 Å². The first-order valence-corrected chi connectivity index (χ1v) is 10.1. The molecule has 0 amide bonds. The molecule has 0 unspecified atom stereocenters. The summed E-state index contributed by atoms with van der Waals surface area (Å²) < 4.78 is 11.2. The van der Waals surface area contributed by atoms with Gasteiger partial charge in [-0.05, 0) is 38.7 Å². The first-order chi connectivity index (χ1) is 13.2. The van der Waals surface area contributed by atoms with Gasteiger partial charge >= 0.3 is 5.97 Å². The molecule has 0 bridgehead atoms. The van der Waals surface area contributed by atoms with Crippen LogP contribution in [0.3, 0.4) is 0 Å². The molecule has 0 aromatic heterocycles. The van der Waals surface area contributed by atoms with Gasteiger partial charge in [-0.3, -0.25) is 0 Å². The number of esters is 1. The number of aliphatic hydroxyl groups excluding tert-OH is 3. The number of carbonyl (C=O) groups excluding carboxylic acids is 1. The van der Waals surface area contributed by atoms with Gasteiger partial charge in [0.25, 0.3) is 0 Å². The zero-order valence-electron chi connectivity index (χ0n) is 17.2. The van der Waals surface area contributed by atoms with Crippen LogP contribution in [0.1, 0.15) is 47.0 Å². The Morgan fingerprint density at radius 1 is 1.18 bits per heavy atom. The average Bonchev–Trinajstić information content (AvgIpc) is 3.43. The lowest BCUT2D eigenvalue weighted by atomic mass is 9.95. The van der Waals surface area contributed by atoms with Crippen molar-refractivity contribution in [3.05, 3.63) is 35.5 Å². The molecule has 2 aliphatic rings. The maximum absolute atomic E-state index is 12.5. The molecule has 6 nitrogen and oxygen atoms in total. The van der Waals surface area contributed by atoms with Crippen LogP contribution in [0.25, 0.3) is 0 Å². The smallest absolute Gasteiger partial charge is 0.334 e. The van der Waals surface area contributed by atoms with Crippen molar-refractivity contribution in [3.8, 4) is 0 Å². The SMILES string of the molecule is CC1=C\[C@@H](C)[C@H](O)[C@@H]2O[C@H]2[C@H](O)C/C=C/C[C@@H]([C@@H](C)CCO)OC(=O)\C(C)=C\1. The van der Waals surface area contributed by atoms with Crippen LogP contribution >= 0.6 is 0 Å². The molecule has 1 saturated heterocycles. The molecule has 6 heteroatoms. The number of hydrogen-bond acceptors (Lipinski definition) is 6. The largest absolute Gasteiger partial charge is 0.458 e. The minimum atomic E-state index is -0.712. The predicted octanol–water partition coefficient (Wildman–Crippen LogP) is 2.28. The summed E-state index contributed by atoms with van der Waals surface area (Å²) in [7, 11) is 0. The van der Waals surface area contributed by atoms with E-state index in [0.29, 0.717) is 24.8 Å². The fraction of sp³-hybridized carbons (Fsp3) is 0.682. The number of hydrogen-bond donors (Lipinski definition) is 3. The van der Waals surface area contributed by atoms with E-state index in [1.54, 1.807) is 13.0 Å². The molecule has 1 fully saturated rings. The summed E-state index contributed by atoms with van der Waals surface area (Å²) in [5.74, 6) is -0.553. The van der Waals surface area contributed by atoms with Crippen molar-refractivity contribution >= 4 is 5.97 Å². The van der Waals surface area contributed by atoms with Crippen molar-refractivity contribution in [3.63, 3.8) is 0 Å². The second kappa shape index (κ2) is 10.3. The Hall–Kier alpha value is -1.47. The molecular weight excluding hydrogens is 360 g/mol. The molecule has 0 spiro atoms. The molecule has 2 aliphatic heterocycles. The van der Waals surface area contributed by atoms with E-state index in [9.17, 15) is 20.1 Å². The molecule has 2 heterocycles. The van der Waals surface area contributed by atoms with Crippen molar-refractivity contribution in [1.82, 2.24) is 0 Å². The van der Waals surface area contributed by atoms with Crippen LogP contribution in [0.5, 0.6) is 0 Å². The summed E-state index contributed by atoms with van der Waals surface area (Å²) in [5, 5.41) is 30.0. The second-order valence-electron chi connectivity index (χ2n) is 8.10. The van der Waals surface area contributed by atoms with Crippen molar-refractivity contribution in [2.24, 2.45) is 11.8 Å². The van der Waals surface area contributed by atoms with Gasteiger partial charge in [-0.1, -0.05) is 37.6 Å². The first-order valence-electron chi connectivity index (χ1n) is 10.1. The zero-order chi connectivity index (χ0) is 20.8. The summed E-state index contributed by atoms with van der Waals surface area (Å²) in [4.78, 5) is 12.5. The van der Waals surface area contributed by atoms with E-state index in [1.165, 1.54) is 0 Å². The number of allylic oxidation sites excluding steroid dienone is 2. The van der Waals surface area contributed by atoms with Gasteiger partial charge in [-0.25, -0.2) is 4.79 Å². The van der Waals surface area contributed by atoms with Gasteiger partial charge in [0.15, 0.2) is 0 Å². The molecular formula is C22H34O6. The van der Waals surface area contributed by atoms with E-state index < -0.39 is 12.2 Å². The molecule has 7 atom stereocenters. The molecule has 3 N–H and O–H groups in total. The van der Waals surface area contributed by atoms with Gasteiger partial charge in [-0.2, -0.15) is 0 Å². The third kappa shape index (κ3) is 6.27. The highest BCUT2D eigenvalue weighted by molar-refractivity contribution is 5.88. The van der Waals surface area contributed by atoms with Crippen molar-refractivity contribution in [1.29, 1.82) is 0 Å². The number of carbonyl (C=O) groups is 1. The van der Waals surface area contributed by atoms with E-state index in [-0.39, 0.29) is 42.7 Å². The van der Waals surface area contributed by atoms with Crippen molar-refractivity contribution in [2.75, 3.05) is 6.61 Å². The quantitative estimate of drug-likeness (QED) is 0.386. The van der Waals surface area contributed by atoms with Gasteiger partial charge in [0.05, 0.1) is 12.2 Å². The fourth-order valence-corrected chi connectivity index (χ4v) is 3.60. The zero-order valence-corrected chi connectivity index (χ0v) is 17.2. The Kier molecular flexibility index (Phi) is 8.43. The number of fused-ring (bicyclic) bond motifs is 1. The molecule has 0 saturated carbocycles. The van der Waals surface area contributed by atoms with E-state index in [4.69, 9.17) is 9.47 Å². The summed E-state index contributed by atoms with van der Waals surface area (Å²) in [5.41, 5.74) is 1.34. The Morgan fingerprint density at radius 2 is 1.86 bits per heavy atom. The first kappa shape index (κ1) is 22.8. The van der Waals surface area contributed by atoms with Crippen LogP contribution in [0.4, 0.5) is 0 Å². The summed E-state index contributed by atoms with van der Waals surface area (Å²) in [6, 6.07) is 0. The van der Waals surface area contributed by atoms with Crippen molar-refractivity contribution < 1.29 is 29.6 Å². The lowest BCUT2D eigenvalue weighted by molar-refractivity contribution is -0.146. The normalized spacial score (nSPS) is 40.9. The van der Waals surface area contributed by atoms with Crippen molar-refractivity contribution in [2.45, 2.75) is 77.5 Å². The predicted molar refractivity (Wildman–Crippen MR) is 106 cm³/mol. The minimum absolute atomic E-state index is 0.0122. The monoisotopic (exact) mass is 394 g/mol. The third-order valence-electron chi connectivity index (χ3n) is 5.50. The highest BCUT2D eigenvalue weighted by Gasteiger charge is 2.49. The van der Waals surface area contributed by atoms with E-state index >= 15 is 0 Å². The highest BCUT2D eigenvalue weighted by atomic mass is 16.6. The lowest BCUT2D eigenvalue weighted by Crippen LogP contribution is -2.28. The Balaban J connectivity index is 2.23.